The smallest absolute Gasteiger partial charge is 0.0939 e. The molecule has 0 saturated heterocycles. The SMILES string of the molecule is C1=Cc2ccc3cc(-c4ccccn4)cnc3c2NC1. The normalized spacial score (nSPS) is 13.0. The minimum Gasteiger partial charge on any atom is -0.379 e. The van der Waals surface area contributed by atoms with Gasteiger partial charge in [-0.2, -0.15) is 0 Å². The highest BCUT2D eigenvalue weighted by molar-refractivity contribution is 5.97. The first-order valence-corrected chi connectivity index (χ1v) is 6.66. The van der Waals surface area contributed by atoms with Crippen molar-refractivity contribution in [1.29, 1.82) is 0 Å². The van der Waals surface area contributed by atoms with Crippen LogP contribution in [0.5, 0.6) is 0 Å². The van der Waals surface area contributed by atoms with Crippen molar-refractivity contribution in [1.82, 2.24) is 9.97 Å². The quantitative estimate of drug-likeness (QED) is 0.723. The van der Waals surface area contributed by atoms with E-state index in [2.05, 4.69) is 45.6 Å². The van der Waals surface area contributed by atoms with E-state index in [9.17, 15) is 0 Å². The summed E-state index contributed by atoms with van der Waals surface area (Å²) >= 11 is 0. The number of fused-ring (bicyclic) bond motifs is 3. The fourth-order valence-electron chi connectivity index (χ4n) is 2.56. The van der Waals surface area contributed by atoms with E-state index in [1.165, 1.54) is 5.56 Å². The third-order valence-corrected chi connectivity index (χ3v) is 3.54. The summed E-state index contributed by atoms with van der Waals surface area (Å²) < 4.78 is 0. The van der Waals surface area contributed by atoms with Crippen molar-refractivity contribution < 1.29 is 0 Å². The second-order valence-electron chi connectivity index (χ2n) is 4.82. The predicted molar refractivity (Wildman–Crippen MR) is 82.5 cm³/mol. The Labute approximate surface area is 117 Å². The van der Waals surface area contributed by atoms with Crippen molar-refractivity contribution >= 4 is 22.7 Å². The highest BCUT2D eigenvalue weighted by Crippen LogP contribution is 2.30. The molecule has 1 aromatic carbocycles. The van der Waals surface area contributed by atoms with E-state index in [-0.39, 0.29) is 0 Å². The molecular formula is C17H13N3. The van der Waals surface area contributed by atoms with Gasteiger partial charge in [-0.3, -0.25) is 9.97 Å². The molecule has 0 fully saturated rings. The van der Waals surface area contributed by atoms with Crippen molar-refractivity contribution in [3.63, 3.8) is 0 Å². The maximum absolute atomic E-state index is 4.63. The Morgan fingerprint density at radius 1 is 1.05 bits per heavy atom. The van der Waals surface area contributed by atoms with Gasteiger partial charge in [-0.15, -0.1) is 0 Å². The molecule has 0 aliphatic carbocycles. The second-order valence-corrected chi connectivity index (χ2v) is 4.82. The number of aromatic nitrogens is 2. The molecule has 3 aromatic rings. The zero-order chi connectivity index (χ0) is 13.4. The number of nitrogens with one attached hydrogen (secondary N) is 1. The lowest BCUT2D eigenvalue weighted by molar-refractivity contribution is 1.28. The fraction of sp³-hybridized carbons (Fsp3) is 0.0588. The molecule has 3 heteroatoms. The van der Waals surface area contributed by atoms with E-state index in [0.717, 1.165) is 34.4 Å². The lowest BCUT2D eigenvalue weighted by atomic mass is 10.0. The van der Waals surface area contributed by atoms with Crippen LogP contribution in [0.1, 0.15) is 5.56 Å². The van der Waals surface area contributed by atoms with Crippen molar-refractivity contribution in [2.75, 3.05) is 11.9 Å². The van der Waals surface area contributed by atoms with Gasteiger partial charge in [-0.25, -0.2) is 0 Å². The lowest BCUT2D eigenvalue weighted by Gasteiger charge is -2.15. The third-order valence-electron chi connectivity index (χ3n) is 3.54. The third kappa shape index (κ3) is 1.75. The van der Waals surface area contributed by atoms with Crippen molar-refractivity contribution in [2.24, 2.45) is 0 Å². The van der Waals surface area contributed by atoms with Gasteiger partial charge in [0.25, 0.3) is 0 Å². The molecule has 0 unspecified atom stereocenters. The first-order chi connectivity index (χ1) is 9.92. The number of pyridine rings is 2. The Kier molecular flexibility index (Phi) is 2.49. The van der Waals surface area contributed by atoms with Crippen LogP contribution >= 0.6 is 0 Å². The molecule has 3 nitrogen and oxygen atoms in total. The van der Waals surface area contributed by atoms with Crippen LogP contribution in [0.4, 0.5) is 5.69 Å². The highest BCUT2D eigenvalue weighted by Gasteiger charge is 2.10. The van der Waals surface area contributed by atoms with Gasteiger partial charge >= 0.3 is 0 Å². The van der Waals surface area contributed by atoms with Crippen LogP contribution in [-0.4, -0.2) is 16.5 Å². The fourth-order valence-corrected chi connectivity index (χ4v) is 2.56. The second kappa shape index (κ2) is 4.46. The summed E-state index contributed by atoms with van der Waals surface area (Å²) in [6, 6.07) is 12.3. The molecule has 0 amide bonds. The molecule has 3 heterocycles. The van der Waals surface area contributed by atoms with Crippen molar-refractivity contribution in [2.45, 2.75) is 0 Å². The Morgan fingerprint density at radius 3 is 2.95 bits per heavy atom. The van der Waals surface area contributed by atoms with Gasteiger partial charge in [0.1, 0.15) is 0 Å². The molecular weight excluding hydrogens is 246 g/mol. The summed E-state index contributed by atoms with van der Waals surface area (Å²) in [5, 5.41) is 4.53. The summed E-state index contributed by atoms with van der Waals surface area (Å²) in [5.74, 6) is 0. The average molecular weight is 259 g/mol. The number of rotatable bonds is 1. The molecule has 1 aliphatic rings. The van der Waals surface area contributed by atoms with Crippen molar-refractivity contribution in [3.05, 3.63) is 60.4 Å². The zero-order valence-corrected chi connectivity index (χ0v) is 10.9. The zero-order valence-electron chi connectivity index (χ0n) is 10.9. The summed E-state index contributed by atoms with van der Waals surface area (Å²) in [7, 11) is 0. The van der Waals surface area contributed by atoms with Crippen LogP contribution in [0, 0.1) is 0 Å². The maximum Gasteiger partial charge on any atom is 0.0939 e. The Hall–Kier alpha value is -2.68. The number of hydrogen-bond donors (Lipinski definition) is 1. The summed E-state index contributed by atoms with van der Waals surface area (Å²) in [4.78, 5) is 9.01. The Balaban J connectivity index is 1.91. The summed E-state index contributed by atoms with van der Waals surface area (Å²) in [5.41, 5.74) is 5.34. The maximum atomic E-state index is 4.63. The Morgan fingerprint density at radius 2 is 2.05 bits per heavy atom. The minimum absolute atomic E-state index is 0.857. The highest BCUT2D eigenvalue weighted by atomic mass is 14.9. The van der Waals surface area contributed by atoms with Crippen LogP contribution in [-0.2, 0) is 0 Å². The van der Waals surface area contributed by atoms with Gasteiger partial charge in [0.15, 0.2) is 0 Å². The monoisotopic (exact) mass is 259 g/mol. The van der Waals surface area contributed by atoms with Gasteiger partial charge < -0.3 is 5.32 Å². The number of benzene rings is 1. The van der Waals surface area contributed by atoms with E-state index in [0.29, 0.717) is 0 Å². The molecule has 4 rings (SSSR count). The molecule has 96 valence electrons. The molecule has 0 saturated carbocycles. The van der Waals surface area contributed by atoms with E-state index >= 15 is 0 Å². The van der Waals surface area contributed by atoms with Crippen LogP contribution in [0.15, 0.2) is 54.9 Å². The molecule has 0 atom stereocenters. The molecule has 0 radical (unpaired) electrons. The molecule has 0 spiro atoms. The minimum atomic E-state index is 0.857. The van der Waals surface area contributed by atoms with Crippen LogP contribution in [0.25, 0.3) is 28.2 Å². The predicted octanol–water partition coefficient (Wildman–Crippen LogP) is 3.74. The molecule has 20 heavy (non-hydrogen) atoms. The number of nitrogens with zero attached hydrogens (tertiary/aromatic N) is 2. The topological polar surface area (TPSA) is 37.8 Å². The van der Waals surface area contributed by atoms with E-state index in [1.54, 1.807) is 6.20 Å². The van der Waals surface area contributed by atoms with Gasteiger partial charge in [-0.05, 0) is 23.8 Å². The first-order valence-electron chi connectivity index (χ1n) is 6.66. The first kappa shape index (κ1) is 11.2. The number of hydrogen-bond acceptors (Lipinski definition) is 3. The summed E-state index contributed by atoms with van der Waals surface area (Å²) in [6.07, 6.45) is 7.96. The largest absolute Gasteiger partial charge is 0.379 e. The molecule has 2 aromatic heterocycles. The lowest BCUT2D eigenvalue weighted by Crippen LogP contribution is -2.05. The van der Waals surface area contributed by atoms with Gasteiger partial charge in [0, 0.05) is 29.9 Å². The van der Waals surface area contributed by atoms with E-state index in [4.69, 9.17) is 0 Å². The van der Waals surface area contributed by atoms with Gasteiger partial charge in [0.05, 0.1) is 16.9 Å². The molecule has 0 bridgehead atoms. The van der Waals surface area contributed by atoms with Gasteiger partial charge in [0.2, 0.25) is 0 Å². The van der Waals surface area contributed by atoms with Crippen LogP contribution in [0.2, 0.25) is 0 Å². The summed E-state index contributed by atoms with van der Waals surface area (Å²) in [6.45, 7) is 0.857. The van der Waals surface area contributed by atoms with Gasteiger partial charge in [-0.1, -0.05) is 30.4 Å². The Bertz CT molecular complexity index is 807. The van der Waals surface area contributed by atoms with Crippen LogP contribution in [0.3, 0.4) is 0 Å². The molecule has 1 N–H and O–H groups in total. The van der Waals surface area contributed by atoms with E-state index < -0.39 is 0 Å². The van der Waals surface area contributed by atoms with E-state index in [1.807, 2.05) is 24.4 Å². The standard InChI is InChI=1S/C17H13N3/c1-2-8-18-15(5-1)14-10-13-7-6-12-4-3-9-19-16(12)17(13)20-11-14/h1-8,10-11,19H,9H2. The average Bonchev–Trinajstić information content (AvgIpc) is 2.55. The van der Waals surface area contributed by atoms with Crippen molar-refractivity contribution in [3.8, 4) is 11.3 Å². The van der Waals surface area contributed by atoms with Crippen LogP contribution < -0.4 is 5.32 Å². The molecule has 1 aliphatic heterocycles. The number of anilines is 1.